The molecule has 2 unspecified atom stereocenters. The molecule has 1 aliphatic carbocycles. The molecule has 2 aromatic carbocycles. The van der Waals surface area contributed by atoms with E-state index >= 15 is 0 Å². The predicted octanol–water partition coefficient (Wildman–Crippen LogP) is 5.41. The molecule has 0 bridgehead atoms. The number of aliphatic hydroxyl groups excluding tert-OH is 1. The van der Waals surface area contributed by atoms with Crippen molar-refractivity contribution in [1.82, 2.24) is 15.6 Å². The number of nitrogens with zero attached hydrogens (tertiary/aromatic N) is 1. The SMILES string of the molecule is CCCC[C@H](NC(O)OCC1(Cc2nc(-c3ccccc3)cs2)CCC1)C(=O)C(=O)NC(C)c1ccccc1. The molecular weight excluding hydrogens is 510 g/mol. The number of amides is 1. The lowest BCUT2D eigenvalue weighted by molar-refractivity contribution is -0.164. The molecule has 1 fully saturated rings. The summed E-state index contributed by atoms with van der Waals surface area (Å²) < 4.78 is 5.84. The van der Waals surface area contributed by atoms with E-state index in [1.807, 2.05) is 62.4 Å². The number of carbonyl (C=O) groups excluding carboxylic acids is 2. The van der Waals surface area contributed by atoms with Crippen LogP contribution in [0.1, 0.15) is 69.0 Å². The topological polar surface area (TPSA) is 101 Å². The molecule has 8 heteroatoms. The fourth-order valence-corrected chi connectivity index (χ4v) is 5.91. The van der Waals surface area contributed by atoms with E-state index in [9.17, 15) is 14.7 Å². The lowest BCUT2D eigenvalue weighted by Crippen LogP contribution is -2.51. The quantitative estimate of drug-likeness (QED) is 0.173. The summed E-state index contributed by atoms with van der Waals surface area (Å²) in [5, 5.41) is 19.5. The molecule has 0 saturated heterocycles. The average Bonchev–Trinajstić information content (AvgIpc) is 3.41. The molecule has 3 aromatic rings. The van der Waals surface area contributed by atoms with E-state index in [1.54, 1.807) is 11.3 Å². The Morgan fingerprint density at radius 1 is 1.10 bits per heavy atom. The fourth-order valence-electron chi connectivity index (χ4n) is 4.93. The van der Waals surface area contributed by atoms with Crippen LogP contribution in [0, 0.1) is 5.41 Å². The number of aromatic nitrogens is 1. The number of benzene rings is 2. The van der Waals surface area contributed by atoms with Crippen molar-refractivity contribution in [3.05, 3.63) is 76.6 Å². The van der Waals surface area contributed by atoms with Crippen LogP contribution in [0.2, 0.25) is 0 Å². The van der Waals surface area contributed by atoms with Crippen molar-refractivity contribution in [2.45, 2.75) is 77.3 Å². The van der Waals surface area contributed by atoms with Crippen LogP contribution < -0.4 is 10.6 Å². The minimum atomic E-state index is -1.34. The van der Waals surface area contributed by atoms with E-state index in [0.29, 0.717) is 13.0 Å². The minimum Gasteiger partial charge on any atom is -0.356 e. The van der Waals surface area contributed by atoms with Gasteiger partial charge in [-0.05, 0) is 31.7 Å². The van der Waals surface area contributed by atoms with Crippen LogP contribution in [0.25, 0.3) is 11.3 Å². The first-order chi connectivity index (χ1) is 18.9. The van der Waals surface area contributed by atoms with Crippen LogP contribution in [0.15, 0.2) is 66.0 Å². The van der Waals surface area contributed by atoms with Gasteiger partial charge in [-0.15, -0.1) is 11.3 Å². The Balaban J connectivity index is 1.31. The van der Waals surface area contributed by atoms with Crippen molar-refractivity contribution in [3.8, 4) is 11.3 Å². The van der Waals surface area contributed by atoms with Gasteiger partial charge >= 0.3 is 0 Å². The van der Waals surface area contributed by atoms with E-state index in [-0.39, 0.29) is 11.5 Å². The highest BCUT2D eigenvalue weighted by molar-refractivity contribution is 7.09. The second-order valence-electron chi connectivity index (χ2n) is 10.5. The number of ketones is 1. The summed E-state index contributed by atoms with van der Waals surface area (Å²) >= 11 is 1.65. The Kier molecular flexibility index (Phi) is 10.4. The van der Waals surface area contributed by atoms with Crippen LogP contribution in [0.3, 0.4) is 0 Å². The van der Waals surface area contributed by atoms with Gasteiger partial charge in [0, 0.05) is 22.8 Å². The summed E-state index contributed by atoms with van der Waals surface area (Å²) in [5.74, 6) is -1.26. The van der Waals surface area contributed by atoms with Gasteiger partial charge in [-0.1, -0.05) is 86.8 Å². The van der Waals surface area contributed by atoms with Crippen molar-refractivity contribution < 1.29 is 19.4 Å². The number of aliphatic hydroxyl groups is 1. The Bertz CT molecular complexity index is 1200. The van der Waals surface area contributed by atoms with Gasteiger partial charge in [0.2, 0.25) is 12.2 Å². The molecule has 3 N–H and O–H groups in total. The van der Waals surface area contributed by atoms with Gasteiger partial charge in [0.15, 0.2) is 0 Å². The summed E-state index contributed by atoms with van der Waals surface area (Å²) in [5.41, 5.74) is 2.91. The van der Waals surface area contributed by atoms with Crippen molar-refractivity contribution >= 4 is 23.0 Å². The van der Waals surface area contributed by atoms with Gasteiger partial charge in [0.25, 0.3) is 5.91 Å². The minimum absolute atomic E-state index is 0.0834. The van der Waals surface area contributed by atoms with Crippen molar-refractivity contribution in [2.75, 3.05) is 6.61 Å². The number of ether oxygens (including phenoxy) is 1. The molecule has 4 rings (SSSR count). The molecule has 1 aromatic heterocycles. The van der Waals surface area contributed by atoms with E-state index in [0.717, 1.165) is 60.4 Å². The molecule has 208 valence electrons. The van der Waals surface area contributed by atoms with Crippen LogP contribution in [-0.2, 0) is 20.7 Å². The zero-order valence-electron chi connectivity index (χ0n) is 22.8. The first-order valence-corrected chi connectivity index (χ1v) is 14.7. The number of hydrogen-bond acceptors (Lipinski definition) is 7. The predicted molar refractivity (Wildman–Crippen MR) is 154 cm³/mol. The van der Waals surface area contributed by atoms with E-state index < -0.39 is 24.1 Å². The monoisotopic (exact) mass is 549 g/mol. The summed E-state index contributed by atoms with van der Waals surface area (Å²) in [7, 11) is 0. The smallest absolute Gasteiger partial charge is 0.289 e. The largest absolute Gasteiger partial charge is 0.356 e. The third-order valence-corrected chi connectivity index (χ3v) is 8.34. The normalized spacial score (nSPS) is 16.6. The van der Waals surface area contributed by atoms with Crippen molar-refractivity contribution in [1.29, 1.82) is 0 Å². The average molecular weight is 550 g/mol. The number of carbonyl (C=O) groups is 2. The van der Waals surface area contributed by atoms with Gasteiger partial charge in [0.1, 0.15) is 0 Å². The molecule has 1 heterocycles. The second kappa shape index (κ2) is 13.9. The van der Waals surface area contributed by atoms with Gasteiger partial charge in [-0.2, -0.15) is 0 Å². The summed E-state index contributed by atoms with van der Waals surface area (Å²) in [4.78, 5) is 30.6. The molecule has 39 heavy (non-hydrogen) atoms. The zero-order chi connectivity index (χ0) is 27.7. The van der Waals surface area contributed by atoms with Crippen LogP contribution in [0.5, 0.6) is 0 Å². The molecule has 0 aliphatic heterocycles. The van der Waals surface area contributed by atoms with Crippen molar-refractivity contribution in [3.63, 3.8) is 0 Å². The van der Waals surface area contributed by atoms with E-state index in [4.69, 9.17) is 9.72 Å². The van der Waals surface area contributed by atoms with Gasteiger partial charge in [-0.25, -0.2) is 4.98 Å². The van der Waals surface area contributed by atoms with Crippen molar-refractivity contribution in [2.24, 2.45) is 5.41 Å². The highest BCUT2D eigenvalue weighted by Gasteiger charge is 2.39. The summed E-state index contributed by atoms with van der Waals surface area (Å²) in [6.45, 7) is 4.22. The molecule has 3 atom stereocenters. The Morgan fingerprint density at radius 3 is 2.44 bits per heavy atom. The highest BCUT2D eigenvalue weighted by atomic mass is 32.1. The number of unbranched alkanes of at least 4 members (excludes halogenated alkanes) is 1. The molecule has 0 radical (unpaired) electrons. The number of nitrogens with one attached hydrogen (secondary N) is 2. The number of rotatable bonds is 15. The molecule has 1 amide bonds. The second-order valence-corrected chi connectivity index (χ2v) is 11.5. The lowest BCUT2D eigenvalue weighted by atomic mass is 9.67. The van der Waals surface area contributed by atoms with Gasteiger partial charge in [-0.3, -0.25) is 14.9 Å². The van der Waals surface area contributed by atoms with E-state index in [2.05, 4.69) is 28.1 Å². The maximum Gasteiger partial charge on any atom is 0.289 e. The maximum absolute atomic E-state index is 13.0. The third-order valence-electron chi connectivity index (χ3n) is 7.49. The van der Waals surface area contributed by atoms with Gasteiger partial charge < -0.3 is 15.2 Å². The molecule has 7 nitrogen and oxygen atoms in total. The van der Waals surface area contributed by atoms with E-state index in [1.165, 1.54) is 0 Å². The Labute approximate surface area is 235 Å². The maximum atomic E-state index is 13.0. The number of thiazole rings is 1. The fraction of sp³-hybridized carbons (Fsp3) is 0.452. The summed E-state index contributed by atoms with van der Waals surface area (Å²) in [6, 6.07) is 18.5. The standard InChI is InChI=1S/C31H39N3O4S/c1-3-4-16-25(28(35)29(36)32-22(2)23-12-7-5-8-13-23)34-30(37)38-21-31(17-11-18-31)19-27-33-26(20-39-27)24-14-9-6-10-15-24/h5-10,12-15,20,22,25,30,34,37H,3-4,11,16-19,21H2,1-2H3,(H,32,36)/t22?,25-,30?/m0/s1. The lowest BCUT2D eigenvalue weighted by Gasteiger charge is -2.41. The third kappa shape index (κ3) is 8.05. The Morgan fingerprint density at radius 2 is 1.79 bits per heavy atom. The van der Waals surface area contributed by atoms with Crippen LogP contribution in [0.4, 0.5) is 0 Å². The van der Waals surface area contributed by atoms with Gasteiger partial charge in [0.05, 0.1) is 29.4 Å². The number of Topliss-reactive ketones (excluding diaryl/α,β-unsaturated/α-hetero) is 1. The molecule has 0 spiro atoms. The number of hydrogen-bond donors (Lipinski definition) is 3. The van der Waals surface area contributed by atoms with Crippen LogP contribution in [-0.4, -0.2) is 40.8 Å². The van der Waals surface area contributed by atoms with Crippen LogP contribution >= 0.6 is 11.3 Å². The molecule has 1 saturated carbocycles. The zero-order valence-corrected chi connectivity index (χ0v) is 23.6. The molecular formula is C31H39N3O4S. The Hall–Kier alpha value is -2.91. The summed E-state index contributed by atoms with van der Waals surface area (Å²) in [6.07, 6.45) is 4.60. The first-order valence-electron chi connectivity index (χ1n) is 13.8. The first kappa shape index (κ1) is 29.1. The highest BCUT2D eigenvalue weighted by Crippen LogP contribution is 2.44. The molecule has 1 aliphatic rings.